The van der Waals surface area contributed by atoms with Crippen molar-refractivity contribution in [2.45, 2.75) is 39.4 Å². The molecule has 0 spiro atoms. The van der Waals surface area contributed by atoms with Gasteiger partial charge in [-0.1, -0.05) is 78.7 Å². The Balaban J connectivity index is 1.62. The first-order valence-electron chi connectivity index (χ1n) is 12.3. The first kappa shape index (κ1) is 24.6. The normalized spacial score (nSPS) is 12.5. The second-order valence-electron chi connectivity index (χ2n) is 8.90. The van der Waals surface area contributed by atoms with Crippen LogP contribution in [-0.4, -0.2) is 21.5 Å². The summed E-state index contributed by atoms with van der Waals surface area (Å²) in [5, 5.41) is 3.68. The molecule has 1 unspecified atom stereocenters. The lowest BCUT2D eigenvalue weighted by Gasteiger charge is -2.31. The molecule has 4 nitrogen and oxygen atoms in total. The molecule has 4 aromatic carbocycles. The van der Waals surface area contributed by atoms with Gasteiger partial charge in [-0.15, -0.1) is 0 Å². The Morgan fingerprint density at radius 2 is 1.72 bits per heavy atom. The van der Waals surface area contributed by atoms with E-state index in [2.05, 4.69) is 59.3 Å². The lowest BCUT2D eigenvalue weighted by atomic mass is 10.0. The number of benzene rings is 4. The molecule has 6 heteroatoms. The van der Waals surface area contributed by atoms with Crippen molar-refractivity contribution in [2.24, 2.45) is 0 Å². The smallest absolute Gasteiger partial charge is 0.124 e. The van der Waals surface area contributed by atoms with E-state index in [1.807, 2.05) is 43.3 Å². The zero-order valence-electron chi connectivity index (χ0n) is 20.5. The lowest BCUT2D eigenvalue weighted by Crippen LogP contribution is -2.29. The fraction of sp³-hybridized carbons (Fsp3) is 0.233. The molecular weight excluding hydrogens is 489 g/mol. The molecular formula is C30H29Cl2N3O. The van der Waals surface area contributed by atoms with Crippen molar-refractivity contribution < 1.29 is 4.74 Å². The molecule has 0 saturated heterocycles. The first-order chi connectivity index (χ1) is 17.6. The number of aromatic amines is 1. The number of aromatic nitrogens is 2. The average molecular weight is 518 g/mol. The first-order valence-corrected chi connectivity index (χ1v) is 13.1. The Bertz CT molecular complexity index is 1460. The number of rotatable bonds is 9. The minimum absolute atomic E-state index is 0.0394. The third kappa shape index (κ3) is 5.08. The summed E-state index contributed by atoms with van der Waals surface area (Å²) >= 11 is 12.9. The van der Waals surface area contributed by atoms with Crippen LogP contribution >= 0.6 is 23.2 Å². The number of ether oxygens (including phenoxy) is 1. The summed E-state index contributed by atoms with van der Waals surface area (Å²) in [6.45, 7) is 6.13. The molecule has 0 aliphatic heterocycles. The summed E-state index contributed by atoms with van der Waals surface area (Å²) in [4.78, 5) is 11.0. The number of imidazole rings is 1. The van der Waals surface area contributed by atoms with Gasteiger partial charge in [0.1, 0.15) is 11.6 Å². The minimum Gasteiger partial charge on any atom is -0.494 e. The van der Waals surface area contributed by atoms with Gasteiger partial charge in [-0.05, 0) is 60.0 Å². The van der Waals surface area contributed by atoms with Gasteiger partial charge in [-0.25, -0.2) is 4.98 Å². The van der Waals surface area contributed by atoms with E-state index in [1.54, 1.807) is 0 Å². The van der Waals surface area contributed by atoms with Crippen LogP contribution in [0.1, 0.15) is 43.3 Å². The molecule has 5 rings (SSSR count). The van der Waals surface area contributed by atoms with Crippen LogP contribution in [0.4, 0.5) is 0 Å². The molecule has 0 fully saturated rings. The molecule has 1 aromatic heterocycles. The fourth-order valence-electron chi connectivity index (χ4n) is 4.87. The Morgan fingerprint density at radius 3 is 2.50 bits per heavy atom. The number of hydrogen-bond donors (Lipinski definition) is 1. The number of halogens is 2. The highest BCUT2D eigenvalue weighted by Gasteiger charge is 2.25. The van der Waals surface area contributed by atoms with Crippen LogP contribution in [0.2, 0.25) is 10.0 Å². The predicted octanol–water partition coefficient (Wildman–Crippen LogP) is 8.58. The molecule has 1 N–H and O–H groups in total. The van der Waals surface area contributed by atoms with E-state index >= 15 is 0 Å². The summed E-state index contributed by atoms with van der Waals surface area (Å²) < 4.78 is 6.11. The molecule has 184 valence electrons. The topological polar surface area (TPSA) is 41.1 Å². The maximum Gasteiger partial charge on any atom is 0.124 e. The van der Waals surface area contributed by atoms with Gasteiger partial charge in [0.15, 0.2) is 0 Å². The van der Waals surface area contributed by atoms with Gasteiger partial charge in [-0.3, -0.25) is 4.90 Å². The highest BCUT2D eigenvalue weighted by Crippen LogP contribution is 2.35. The molecule has 1 heterocycles. The highest BCUT2D eigenvalue weighted by atomic mass is 35.5. The summed E-state index contributed by atoms with van der Waals surface area (Å²) in [6.07, 6.45) is 0.875. The largest absolute Gasteiger partial charge is 0.494 e. The van der Waals surface area contributed by atoms with Crippen LogP contribution in [-0.2, 0) is 13.1 Å². The van der Waals surface area contributed by atoms with Crippen molar-refractivity contribution >= 4 is 45.0 Å². The second-order valence-corrected chi connectivity index (χ2v) is 9.74. The average Bonchev–Trinajstić information content (AvgIpc) is 3.31. The number of para-hydroxylation sites is 2. The second kappa shape index (κ2) is 10.9. The fourth-order valence-corrected chi connectivity index (χ4v) is 5.34. The molecule has 1 atom stereocenters. The summed E-state index contributed by atoms with van der Waals surface area (Å²) in [5.74, 6) is 1.85. The van der Waals surface area contributed by atoms with E-state index in [0.717, 1.165) is 40.2 Å². The van der Waals surface area contributed by atoms with Crippen molar-refractivity contribution in [3.63, 3.8) is 0 Å². The zero-order chi connectivity index (χ0) is 25.1. The highest BCUT2D eigenvalue weighted by molar-refractivity contribution is 6.35. The third-order valence-corrected chi connectivity index (χ3v) is 7.18. The Kier molecular flexibility index (Phi) is 7.47. The number of nitrogens with one attached hydrogen (secondary N) is 1. The van der Waals surface area contributed by atoms with Gasteiger partial charge in [0, 0.05) is 28.7 Å². The molecule has 0 aliphatic carbocycles. The standard InChI is InChI=1S/C30H29Cl2N3O/c1-3-28(30-33-26-11-7-8-12-27(26)34-30)35(18-21-13-15-22(31)17-25(21)32)19-24-23-10-6-5-9-20(23)14-16-29(24)36-4-2/h5-17,28H,3-4,18-19H2,1-2H3,(H,33,34). The lowest BCUT2D eigenvalue weighted by molar-refractivity contribution is 0.165. The Labute approximate surface area is 221 Å². The maximum atomic E-state index is 6.65. The van der Waals surface area contributed by atoms with Gasteiger partial charge in [0.05, 0.1) is 23.7 Å². The van der Waals surface area contributed by atoms with Crippen LogP contribution in [0.5, 0.6) is 5.75 Å². The van der Waals surface area contributed by atoms with Crippen molar-refractivity contribution in [1.82, 2.24) is 14.9 Å². The number of nitrogens with zero attached hydrogens (tertiary/aromatic N) is 2. The molecule has 36 heavy (non-hydrogen) atoms. The van der Waals surface area contributed by atoms with Crippen molar-refractivity contribution in [3.05, 3.63) is 106 Å². The molecule has 0 saturated carbocycles. The van der Waals surface area contributed by atoms with E-state index in [1.165, 1.54) is 10.8 Å². The quantitative estimate of drug-likeness (QED) is 0.213. The minimum atomic E-state index is 0.0394. The molecule has 5 aromatic rings. The summed E-state index contributed by atoms with van der Waals surface area (Å²) in [7, 11) is 0. The van der Waals surface area contributed by atoms with Crippen LogP contribution in [0, 0.1) is 0 Å². The van der Waals surface area contributed by atoms with E-state index in [0.29, 0.717) is 29.7 Å². The van der Waals surface area contributed by atoms with Gasteiger partial charge in [-0.2, -0.15) is 0 Å². The molecule has 0 aliphatic rings. The molecule has 0 bridgehead atoms. The number of fused-ring (bicyclic) bond motifs is 2. The third-order valence-electron chi connectivity index (χ3n) is 6.60. The van der Waals surface area contributed by atoms with Crippen LogP contribution in [0.25, 0.3) is 21.8 Å². The monoisotopic (exact) mass is 517 g/mol. The zero-order valence-corrected chi connectivity index (χ0v) is 22.0. The van der Waals surface area contributed by atoms with Gasteiger partial charge < -0.3 is 9.72 Å². The van der Waals surface area contributed by atoms with Crippen molar-refractivity contribution in [2.75, 3.05) is 6.61 Å². The van der Waals surface area contributed by atoms with Gasteiger partial charge in [0.2, 0.25) is 0 Å². The summed E-state index contributed by atoms with van der Waals surface area (Å²) in [6, 6.07) is 26.6. The van der Waals surface area contributed by atoms with E-state index in [9.17, 15) is 0 Å². The Morgan fingerprint density at radius 1 is 0.917 bits per heavy atom. The Hall–Kier alpha value is -3.05. The molecule has 0 amide bonds. The summed E-state index contributed by atoms with van der Waals surface area (Å²) in [5.41, 5.74) is 4.19. The maximum absolute atomic E-state index is 6.65. The van der Waals surface area contributed by atoms with E-state index in [-0.39, 0.29) is 6.04 Å². The van der Waals surface area contributed by atoms with Gasteiger partial charge in [0.25, 0.3) is 0 Å². The van der Waals surface area contributed by atoms with Crippen molar-refractivity contribution in [1.29, 1.82) is 0 Å². The van der Waals surface area contributed by atoms with E-state index in [4.69, 9.17) is 32.9 Å². The number of hydrogen-bond acceptors (Lipinski definition) is 3. The van der Waals surface area contributed by atoms with Crippen molar-refractivity contribution in [3.8, 4) is 5.75 Å². The number of H-pyrrole nitrogens is 1. The SMILES string of the molecule is CCOc1ccc2ccccc2c1CN(Cc1ccc(Cl)cc1Cl)C(CC)c1nc2ccccc2[nH]1. The van der Waals surface area contributed by atoms with Crippen LogP contribution in [0.3, 0.4) is 0 Å². The predicted molar refractivity (Wildman–Crippen MR) is 150 cm³/mol. The van der Waals surface area contributed by atoms with Gasteiger partial charge >= 0.3 is 0 Å². The van der Waals surface area contributed by atoms with E-state index < -0.39 is 0 Å². The van der Waals surface area contributed by atoms with Crippen LogP contribution in [0.15, 0.2) is 78.9 Å². The molecule has 0 radical (unpaired) electrons. The van der Waals surface area contributed by atoms with Crippen LogP contribution < -0.4 is 4.74 Å².